The summed E-state index contributed by atoms with van der Waals surface area (Å²) in [7, 11) is 0. The van der Waals surface area contributed by atoms with Crippen molar-refractivity contribution in [3.8, 4) is 0 Å². The largest absolute Gasteiger partial charge is 0.307 e. The van der Waals surface area contributed by atoms with Gasteiger partial charge in [0.2, 0.25) is 0 Å². The van der Waals surface area contributed by atoms with Gasteiger partial charge in [-0.15, -0.1) is 11.3 Å². The highest BCUT2D eigenvalue weighted by molar-refractivity contribution is 7.09. The van der Waals surface area contributed by atoms with Crippen molar-refractivity contribution < 1.29 is 0 Å². The Hall–Kier alpha value is -1.26. The summed E-state index contributed by atoms with van der Waals surface area (Å²) >= 11 is 1.82. The smallest absolute Gasteiger partial charge is 0.145 e. The molecule has 0 saturated carbocycles. The first kappa shape index (κ1) is 14.2. The van der Waals surface area contributed by atoms with Crippen molar-refractivity contribution in [1.29, 1.82) is 0 Å². The average molecular weight is 275 g/mol. The zero-order valence-electron chi connectivity index (χ0n) is 11.6. The summed E-state index contributed by atoms with van der Waals surface area (Å²) in [5.74, 6) is 0.913. The van der Waals surface area contributed by atoms with Crippen molar-refractivity contribution >= 4 is 11.3 Å². The highest BCUT2D eigenvalue weighted by Crippen LogP contribution is 2.18. The Labute approximate surface area is 119 Å². The minimum Gasteiger partial charge on any atom is -0.307 e. The van der Waals surface area contributed by atoms with Gasteiger partial charge in [-0.25, -0.2) is 9.97 Å². The van der Waals surface area contributed by atoms with Crippen LogP contribution in [0, 0.1) is 6.92 Å². The van der Waals surface area contributed by atoms with Crippen LogP contribution in [-0.4, -0.2) is 16.5 Å². The number of aromatic nitrogens is 2. The maximum absolute atomic E-state index is 4.46. The monoisotopic (exact) mass is 275 g/mol. The molecule has 19 heavy (non-hydrogen) atoms. The van der Waals surface area contributed by atoms with Crippen LogP contribution in [0.2, 0.25) is 0 Å². The molecule has 0 radical (unpaired) electrons. The van der Waals surface area contributed by atoms with Gasteiger partial charge in [-0.2, -0.15) is 0 Å². The van der Waals surface area contributed by atoms with Crippen molar-refractivity contribution in [3.63, 3.8) is 0 Å². The van der Waals surface area contributed by atoms with Gasteiger partial charge in [0.25, 0.3) is 0 Å². The number of thiophene rings is 1. The normalized spacial score (nSPS) is 12.5. The van der Waals surface area contributed by atoms with Crippen molar-refractivity contribution in [2.75, 3.05) is 6.54 Å². The predicted octanol–water partition coefficient (Wildman–Crippen LogP) is 3.52. The summed E-state index contributed by atoms with van der Waals surface area (Å²) in [6.07, 6.45) is 7.05. The highest BCUT2D eigenvalue weighted by atomic mass is 32.1. The van der Waals surface area contributed by atoms with Gasteiger partial charge in [0.05, 0.1) is 6.04 Å². The zero-order valence-corrected chi connectivity index (χ0v) is 12.4. The zero-order chi connectivity index (χ0) is 13.5. The third-order valence-electron chi connectivity index (χ3n) is 3.01. The van der Waals surface area contributed by atoms with Crippen molar-refractivity contribution in [2.45, 2.75) is 39.2 Å². The molecule has 102 valence electrons. The number of nitrogens with one attached hydrogen (secondary N) is 1. The lowest BCUT2D eigenvalue weighted by Gasteiger charge is -2.16. The molecule has 0 aliphatic carbocycles. The van der Waals surface area contributed by atoms with Gasteiger partial charge in [0, 0.05) is 17.3 Å². The minimum absolute atomic E-state index is 0.252. The number of aryl methyl sites for hydroxylation is 2. The quantitative estimate of drug-likeness (QED) is 0.840. The van der Waals surface area contributed by atoms with Crippen LogP contribution in [-0.2, 0) is 6.42 Å². The molecule has 1 N–H and O–H groups in total. The maximum atomic E-state index is 4.46. The topological polar surface area (TPSA) is 37.8 Å². The molecule has 3 nitrogen and oxygen atoms in total. The van der Waals surface area contributed by atoms with E-state index in [0.717, 1.165) is 37.2 Å². The molecule has 2 aromatic rings. The molecule has 0 saturated heterocycles. The molecule has 2 aromatic heterocycles. The molecule has 0 aromatic carbocycles. The number of rotatable bonds is 7. The Kier molecular flexibility index (Phi) is 5.48. The van der Waals surface area contributed by atoms with Gasteiger partial charge >= 0.3 is 0 Å². The van der Waals surface area contributed by atoms with E-state index in [4.69, 9.17) is 0 Å². The molecule has 0 amide bonds. The van der Waals surface area contributed by atoms with E-state index < -0.39 is 0 Å². The number of hydrogen-bond acceptors (Lipinski definition) is 4. The molecule has 0 aliphatic rings. The molecular weight excluding hydrogens is 254 g/mol. The molecule has 4 heteroatoms. The minimum atomic E-state index is 0.252. The molecule has 2 rings (SSSR count). The van der Waals surface area contributed by atoms with Crippen LogP contribution in [0.25, 0.3) is 0 Å². The number of hydrogen-bond donors (Lipinski definition) is 1. The predicted molar refractivity (Wildman–Crippen MR) is 80.4 cm³/mol. The summed E-state index contributed by atoms with van der Waals surface area (Å²) in [6.45, 7) is 5.20. The van der Waals surface area contributed by atoms with E-state index in [2.05, 4.69) is 39.7 Å². The molecule has 0 spiro atoms. The SMILES string of the molecule is CCCNC(CCc1cccs1)c1ncc(C)cn1. The van der Waals surface area contributed by atoms with Gasteiger partial charge < -0.3 is 5.32 Å². The van der Waals surface area contributed by atoms with Gasteiger partial charge in [-0.1, -0.05) is 13.0 Å². The van der Waals surface area contributed by atoms with Gasteiger partial charge in [0.1, 0.15) is 5.82 Å². The van der Waals surface area contributed by atoms with Crippen LogP contribution in [0.5, 0.6) is 0 Å². The molecule has 2 heterocycles. The molecule has 0 bridgehead atoms. The molecule has 1 unspecified atom stereocenters. The average Bonchev–Trinajstić information content (AvgIpc) is 2.93. The van der Waals surface area contributed by atoms with Gasteiger partial charge in [0.15, 0.2) is 0 Å². The van der Waals surface area contributed by atoms with Gasteiger partial charge in [-0.05, 0) is 49.7 Å². The standard InChI is InChI=1S/C15H21N3S/c1-3-8-16-14(7-6-13-5-4-9-19-13)15-17-10-12(2)11-18-15/h4-5,9-11,14,16H,3,6-8H2,1-2H3. The van der Waals surface area contributed by atoms with Crippen LogP contribution in [0.3, 0.4) is 0 Å². The summed E-state index contributed by atoms with van der Waals surface area (Å²) in [4.78, 5) is 10.3. The Morgan fingerprint density at radius 2 is 2.11 bits per heavy atom. The third kappa shape index (κ3) is 4.40. The lowest BCUT2D eigenvalue weighted by molar-refractivity contribution is 0.477. The molecule has 0 fully saturated rings. The van der Waals surface area contributed by atoms with E-state index in [1.165, 1.54) is 4.88 Å². The summed E-state index contributed by atoms with van der Waals surface area (Å²) in [6, 6.07) is 4.55. The fraction of sp³-hybridized carbons (Fsp3) is 0.467. The molecular formula is C15H21N3S. The fourth-order valence-electron chi connectivity index (χ4n) is 1.96. The van der Waals surface area contributed by atoms with Gasteiger partial charge in [-0.3, -0.25) is 0 Å². The summed E-state index contributed by atoms with van der Waals surface area (Å²) in [5.41, 5.74) is 1.11. The Morgan fingerprint density at radius 3 is 2.74 bits per heavy atom. The maximum Gasteiger partial charge on any atom is 0.145 e. The van der Waals surface area contributed by atoms with Crippen molar-refractivity contribution in [2.24, 2.45) is 0 Å². The van der Waals surface area contributed by atoms with Crippen molar-refractivity contribution in [1.82, 2.24) is 15.3 Å². The highest BCUT2D eigenvalue weighted by Gasteiger charge is 2.13. The van der Waals surface area contributed by atoms with E-state index in [0.29, 0.717) is 0 Å². The molecule has 0 aliphatic heterocycles. The summed E-state index contributed by atoms with van der Waals surface area (Å²) < 4.78 is 0. The lowest BCUT2D eigenvalue weighted by atomic mass is 10.1. The van der Waals surface area contributed by atoms with E-state index in [1.54, 1.807) is 0 Å². The number of nitrogens with zero attached hydrogens (tertiary/aromatic N) is 2. The second-order valence-electron chi connectivity index (χ2n) is 4.74. The first-order valence-electron chi connectivity index (χ1n) is 6.84. The first-order valence-corrected chi connectivity index (χ1v) is 7.72. The Morgan fingerprint density at radius 1 is 1.32 bits per heavy atom. The Bertz CT molecular complexity index is 465. The second kappa shape index (κ2) is 7.36. The fourth-order valence-corrected chi connectivity index (χ4v) is 2.69. The summed E-state index contributed by atoms with van der Waals surface area (Å²) in [5, 5.41) is 5.68. The Balaban J connectivity index is 2.00. The van der Waals surface area contributed by atoms with Crippen LogP contribution in [0.1, 0.15) is 42.1 Å². The lowest BCUT2D eigenvalue weighted by Crippen LogP contribution is -2.24. The third-order valence-corrected chi connectivity index (χ3v) is 3.95. The molecule has 1 atom stereocenters. The van der Waals surface area contributed by atoms with E-state index in [1.807, 2.05) is 30.7 Å². The van der Waals surface area contributed by atoms with Crippen LogP contribution in [0.15, 0.2) is 29.9 Å². The van der Waals surface area contributed by atoms with E-state index >= 15 is 0 Å². The van der Waals surface area contributed by atoms with Crippen LogP contribution < -0.4 is 5.32 Å². The van der Waals surface area contributed by atoms with Crippen LogP contribution >= 0.6 is 11.3 Å². The first-order chi connectivity index (χ1) is 9.29. The van der Waals surface area contributed by atoms with Crippen LogP contribution in [0.4, 0.5) is 0 Å². The second-order valence-corrected chi connectivity index (χ2v) is 5.78. The van der Waals surface area contributed by atoms with E-state index in [9.17, 15) is 0 Å². The van der Waals surface area contributed by atoms with Crippen molar-refractivity contribution in [3.05, 3.63) is 46.2 Å². The van der Waals surface area contributed by atoms with E-state index in [-0.39, 0.29) is 6.04 Å².